The van der Waals surface area contributed by atoms with E-state index in [4.69, 9.17) is 0 Å². The molecular formula is C21H23NOS2. The molecule has 1 amide bonds. The third kappa shape index (κ3) is 3.47. The SMILES string of the molecule is CC1CCc2ccccc2N1C(=O)c1ccc(C2SCCCS2)cc1. The van der Waals surface area contributed by atoms with Gasteiger partial charge in [0.1, 0.15) is 0 Å². The van der Waals surface area contributed by atoms with E-state index < -0.39 is 0 Å². The summed E-state index contributed by atoms with van der Waals surface area (Å²) >= 11 is 4.03. The van der Waals surface area contributed by atoms with E-state index in [0.29, 0.717) is 4.58 Å². The third-order valence-corrected chi connectivity index (χ3v) is 8.01. The zero-order valence-electron chi connectivity index (χ0n) is 14.5. The fourth-order valence-electron chi connectivity index (χ4n) is 3.60. The first-order valence-electron chi connectivity index (χ1n) is 8.98. The molecular weight excluding hydrogens is 346 g/mol. The van der Waals surface area contributed by atoms with Crippen molar-refractivity contribution in [1.82, 2.24) is 0 Å². The molecule has 0 spiro atoms. The van der Waals surface area contributed by atoms with Crippen molar-refractivity contribution in [3.63, 3.8) is 0 Å². The van der Waals surface area contributed by atoms with E-state index >= 15 is 0 Å². The predicted molar refractivity (Wildman–Crippen MR) is 110 cm³/mol. The van der Waals surface area contributed by atoms with E-state index in [1.54, 1.807) is 0 Å². The van der Waals surface area contributed by atoms with Gasteiger partial charge < -0.3 is 4.90 Å². The van der Waals surface area contributed by atoms with Crippen LogP contribution in [0.25, 0.3) is 0 Å². The lowest BCUT2D eigenvalue weighted by Gasteiger charge is -2.35. The van der Waals surface area contributed by atoms with Gasteiger partial charge in [0.05, 0.1) is 4.58 Å². The molecule has 0 bridgehead atoms. The summed E-state index contributed by atoms with van der Waals surface area (Å²) in [6.45, 7) is 2.15. The number of hydrogen-bond donors (Lipinski definition) is 0. The lowest BCUT2D eigenvalue weighted by molar-refractivity contribution is 0.0975. The smallest absolute Gasteiger partial charge is 0.258 e. The Morgan fingerprint density at radius 2 is 1.76 bits per heavy atom. The molecule has 130 valence electrons. The molecule has 2 aromatic carbocycles. The number of fused-ring (bicyclic) bond motifs is 1. The van der Waals surface area contributed by atoms with Crippen LogP contribution in [0.1, 0.15) is 45.8 Å². The molecule has 1 saturated heterocycles. The molecule has 2 nitrogen and oxygen atoms in total. The molecule has 0 N–H and O–H groups in total. The lowest BCUT2D eigenvalue weighted by atomic mass is 9.95. The average molecular weight is 370 g/mol. The van der Waals surface area contributed by atoms with Crippen molar-refractivity contribution < 1.29 is 4.79 Å². The molecule has 4 rings (SSSR count). The van der Waals surface area contributed by atoms with Gasteiger partial charge in [0, 0.05) is 17.3 Å². The summed E-state index contributed by atoms with van der Waals surface area (Å²) in [6.07, 6.45) is 3.38. The summed E-state index contributed by atoms with van der Waals surface area (Å²) in [5, 5.41) is 0. The lowest BCUT2D eigenvalue weighted by Crippen LogP contribution is -2.42. The van der Waals surface area contributed by atoms with Crippen LogP contribution in [0.4, 0.5) is 5.69 Å². The molecule has 25 heavy (non-hydrogen) atoms. The van der Waals surface area contributed by atoms with Gasteiger partial charge in [0.25, 0.3) is 5.91 Å². The molecule has 2 aromatic rings. The number of thioether (sulfide) groups is 2. The molecule has 2 aliphatic rings. The van der Waals surface area contributed by atoms with Gasteiger partial charge >= 0.3 is 0 Å². The van der Waals surface area contributed by atoms with Crippen LogP contribution >= 0.6 is 23.5 Å². The average Bonchev–Trinajstić information content (AvgIpc) is 2.68. The number of para-hydroxylation sites is 1. The number of anilines is 1. The number of nitrogens with zero attached hydrogens (tertiary/aromatic N) is 1. The summed E-state index contributed by atoms with van der Waals surface area (Å²) in [5.74, 6) is 2.59. The maximum Gasteiger partial charge on any atom is 0.258 e. The normalized spacial score (nSPS) is 21.0. The van der Waals surface area contributed by atoms with Crippen LogP contribution in [-0.2, 0) is 6.42 Å². The highest BCUT2D eigenvalue weighted by Gasteiger charge is 2.28. The molecule has 2 heterocycles. The van der Waals surface area contributed by atoms with Crippen LogP contribution in [0.5, 0.6) is 0 Å². The first-order valence-corrected chi connectivity index (χ1v) is 11.1. The quantitative estimate of drug-likeness (QED) is 0.693. The van der Waals surface area contributed by atoms with Crippen molar-refractivity contribution in [3.05, 3.63) is 65.2 Å². The number of benzene rings is 2. The maximum absolute atomic E-state index is 13.2. The van der Waals surface area contributed by atoms with E-state index in [1.807, 2.05) is 46.6 Å². The van der Waals surface area contributed by atoms with Crippen LogP contribution in [-0.4, -0.2) is 23.5 Å². The number of hydrogen-bond acceptors (Lipinski definition) is 3. The summed E-state index contributed by atoms with van der Waals surface area (Å²) in [7, 11) is 0. The van der Waals surface area contributed by atoms with Crippen LogP contribution in [0, 0.1) is 0 Å². The molecule has 0 aliphatic carbocycles. The Kier molecular flexibility index (Phi) is 5.09. The fourth-order valence-corrected chi connectivity index (χ4v) is 6.49. The molecule has 0 saturated carbocycles. The number of carbonyl (C=O) groups is 1. The Hall–Kier alpha value is -1.39. The molecule has 0 radical (unpaired) electrons. The Bertz CT molecular complexity index is 753. The Morgan fingerprint density at radius 1 is 1.04 bits per heavy atom. The molecule has 4 heteroatoms. The van der Waals surface area contributed by atoms with E-state index in [2.05, 4.69) is 37.3 Å². The molecule has 2 aliphatic heterocycles. The summed E-state index contributed by atoms with van der Waals surface area (Å²) < 4.78 is 0.521. The van der Waals surface area contributed by atoms with Crippen LogP contribution in [0.15, 0.2) is 48.5 Å². The topological polar surface area (TPSA) is 20.3 Å². The van der Waals surface area contributed by atoms with Gasteiger partial charge in [-0.1, -0.05) is 30.3 Å². The van der Waals surface area contributed by atoms with Gasteiger partial charge in [-0.25, -0.2) is 0 Å². The first kappa shape index (κ1) is 17.0. The second-order valence-electron chi connectivity index (χ2n) is 6.74. The second-order valence-corrected chi connectivity index (χ2v) is 9.47. The van der Waals surface area contributed by atoms with Crippen LogP contribution in [0.2, 0.25) is 0 Å². The van der Waals surface area contributed by atoms with E-state index in [0.717, 1.165) is 24.1 Å². The van der Waals surface area contributed by atoms with Gasteiger partial charge in [-0.2, -0.15) is 0 Å². The highest BCUT2D eigenvalue weighted by atomic mass is 32.2. The zero-order valence-corrected chi connectivity index (χ0v) is 16.1. The number of rotatable bonds is 2. The van der Waals surface area contributed by atoms with Crippen molar-refractivity contribution in [3.8, 4) is 0 Å². The minimum absolute atomic E-state index is 0.121. The minimum Gasteiger partial charge on any atom is -0.305 e. The summed E-state index contributed by atoms with van der Waals surface area (Å²) in [5.41, 5.74) is 4.48. The zero-order chi connectivity index (χ0) is 17.2. The maximum atomic E-state index is 13.2. The molecule has 1 fully saturated rings. The Morgan fingerprint density at radius 3 is 2.52 bits per heavy atom. The van der Waals surface area contributed by atoms with E-state index in [1.165, 1.54) is 29.1 Å². The number of aryl methyl sites for hydroxylation is 1. The van der Waals surface area contributed by atoms with Crippen molar-refractivity contribution in [1.29, 1.82) is 0 Å². The van der Waals surface area contributed by atoms with Crippen molar-refractivity contribution in [2.75, 3.05) is 16.4 Å². The molecule has 1 unspecified atom stereocenters. The van der Waals surface area contributed by atoms with Gasteiger partial charge in [-0.3, -0.25) is 4.79 Å². The fraction of sp³-hybridized carbons (Fsp3) is 0.381. The second kappa shape index (κ2) is 7.46. The summed E-state index contributed by atoms with van der Waals surface area (Å²) in [4.78, 5) is 15.2. The Labute approximate surface area is 158 Å². The third-order valence-electron chi connectivity index (χ3n) is 5.00. The van der Waals surface area contributed by atoms with Gasteiger partial charge in [-0.15, -0.1) is 23.5 Å². The summed E-state index contributed by atoms with van der Waals surface area (Å²) in [6, 6.07) is 16.9. The van der Waals surface area contributed by atoms with E-state index in [-0.39, 0.29) is 11.9 Å². The van der Waals surface area contributed by atoms with Crippen molar-refractivity contribution in [2.45, 2.75) is 36.8 Å². The minimum atomic E-state index is 0.121. The monoisotopic (exact) mass is 369 g/mol. The molecule has 0 aromatic heterocycles. The largest absolute Gasteiger partial charge is 0.305 e. The van der Waals surface area contributed by atoms with Crippen molar-refractivity contribution in [2.24, 2.45) is 0 Å². The number of carbonyl (C=O) groups excluding carboxylic acids is 1. The standard InChI is InChI=1S/C21H23NOS2/c1-15-7-8-16-5-2-3-6-19(16)22(15)20(23)17-9-11-18(12-10-17)21-24-13-4-14-25-21/h2-3,5-6,9-12,15,21H,4,7-8,13-14H2,1H3. The first-order chi connectivity index (χ1) is 12.2. The number of amides is 1. The predicted octanol–water partition coefficient (Wildman–Crippen LogP) is 5.54. The van der Waals surface area contributed by atoms with Gasteiger partial charge in [0.2, 0.25) is 0 Å². The van der Waals surface area contributed by atoms with Crippen molar-refractivity contribution >= 4 is 35.1 Å². The van der Waals surface area contributed by atoms with Gasteiger partial charge in [0.15, 0.2) is 0 Å². The highest BCUT2D eigenvalue weighted by Crippen LogP contribution is 2.43. The van der Waals surface area contributed by atoms with Crippen LogP contribution < -0.4 is 4.90 Å². The van der Waals surface area contributed by atoms with Crippen LogP contribution in [0.3, 0.4) is 0 Å². The van der Waals surface area contributed by atoms with Gasteiger partial charge in [-0.05, 0) is 67.0 Å². The molecule has 1 atom stereocenters. The van der Waals surface area contributed by atoms with E-state index in [9.17, 15) is 4.79 Å². The highest BCUT2D eigenvalue weighted by molar-refractivity contribution is 8.16. The Balaban J connectivity index is 1.58.